The molecule has 2 aromatic rings. The van der Waals surface area contributed by atoms with E-state index in [1.807, 2.05) is 6.07 Å². The van der Waals surface area contributed by atoms with Gasteiger partial charge in [-0.2, -0.15) is 5.26 Å². The molecule has 3 amide bonds. The first-order valence-corrected chi connectivity index (χ1v) is 8.26. The number of amides is 3. The van der Waals surface area contributed by atoms with E-state index in [0.717, 1.165) is 11.1 Å². The summed E-state index contributed by atoms with van der Waals surface area (Å²) in [5.41, 5.74) is 2.68. The van der Waals surface area contributed by atoms with Crippen molar-refractivity contribution in [3.05, 3.63) is 70.8 Å². The highest BCUT2D eigenvalue weighted by atomic mass is 16.2. The van der Waals surface area contributed by atoms with Crippen LogP contribution in [-0.4, -0.2) is 22.6 Å². The van der Waals surface area contributed by atoms with E-state index in [1.165, 1.54) is 4.90 Å². The molecule has 0 spiro atoms. The molecule has 0 unspecified atom stereocenters. The largest absolute Gasteiger partial charge is 0.348 e. The molecule has 0 atom stereocenters. The number of hydrogen-bond acceptors (Lipinski definition) is 4. The third-order valence-corrected chi connectivity index (χ3v) is 4.22. The van der Waals surface area contributed by atoms with Crippen LogP contribution in [0.2, 0.25) is 0 Å². The molecule has 3 rings (SSSR count). The minimum Gasteiger partial charge on any atom is -0.348 e. The monoisotopic (exact) mass is 347 g/mol. The molecule has 6 heteroatoms. The maximum absolute atomic E-state index is 12.2. The molecule has 0 aromatic heterocycles. The first-order chi connectivity index (χ1) is 12.6. The van der Waals surface area contributed by atoms with Gasteiger partial charge in [-0.05, 0) is 35.4 Å². The summed E-state index contributed by atoms with van der Waals surface area (Å²) in [5, 5.41) is 11.7. The first-order valence-electron chi connectivity index (χ1n) is 8.26. The number of nitrogens with one attached hydrogen (secondary N) is 1. The lowest BCUT2D eigenvalue weighted by molar-refractivity contribution is -0.139. The first kappa shape index (κ1) is 17.4. The van der Waals surface area contributed by atoms with Gasteiger partial charge in [-0.25, -0.2) is 0 Å². The molecule has 1 aliphatic rings. The third kappa shape index (κ3) is 3.95. The van der Waals surface area contributed by atoms with Crippen molar-refractivity contribution < 1.29 is 14.4 Å². The van der Waals surface area contributed by atoms with Crippen LogP contribution in [0.15, 0.2) is 48.5 Å². The highest BCUT2D eigenvalue weighted by Gasteiger charge is 2.28. The fourth-order valence-electron chi connectivity index (χ4n) is 2.78. The van der Waals surface area contributed by atoms with Gasteiger partial charge in [0.05, 0.1) is 18.2 Å². The van der Waals surface area contributed by atoms with Crippen molar-refractivity contribution in [3.63, 3.8) is 0 Å². The van der Waals surface area contributed by atoms with Gasteiger partial charge in [-0.15, -0.1) is 0 Å². The lowest BCUT2D eigenvalue weighted by Gasteiger charge is -2.14. The topological polar surface area (TPSA) is 90.3 Å². The van der Waals surface area contributed by atoms with Gasteiger partial charge in [0.25, 0.3) is 5.91 Å². The number of carbonyl (C=O) groups excluding carboxylic acids is 3. The van der Waals surface area contributed by atoms with Crippen molar-refractivity contribution in [2.45, 2.75) is 25.9 Å². The molecule has 0 saturated carbocycles. The minimum atomic E-state index is -0.229. The zero-order chi connectivity index (χ0) is 18.5. The predicted molar refractivity (Wildman–Crippen MR) is 93.6 cm³/mol. The molecule has 26 heavy (non-hydrogen) atoms. The summed E-state index contributed by atoms with van der Waals surface area (Å²) < 4.78 is 0. The predicted octanol–water partition coefficient (Wildman–Crippen LogP) is 2.14. The number of hydrogen-bond donors (Lipinski definition) is 1. The molecule has 1 aliphatic heterocycles. The molecule has 1 N–H and O–H groups in total. The summed E-state index contributed by atoms with van der Waals surface area (Å²) in [6.45, 7) is 0.563. The Hall–Kier alpha value is -3.46. The third-order valence-electron chi connectivity index (χ3n) is 4.22. The summed E-state index contributed by atoms with van der Waals surface area (Å²) in [6.07, 6.45) is 0.540. The number of likely N-dealkylation sites (tertiary alicyclic amines) is 1. The maximum atomic E-state index is 12.2. The Morgan fingerprint density at radius 2 is 1.73 bits per heavy atom. The fraction of sp³-hybridized carbons (Fsp3) is 0.200. The summed E-state index contributed by atoms with van der Waals surface area (Å²) in [5.74, 6) is -0.542. The second-order valence-electron chi connectivity index (χ2n) is 6.07. The molecule has 0 radical (unpaired) electrons. The van der Waals surface area contributed by atoms with Crippen LogP contribution in [0.4, 0.5) is 0 Å². The molecule has 1 fully saturated rings. The summed E-state index contributed by atoms with van der Waals surface area (Å²) in [7, 11) is 0. The van der Waals surface area contributed by atoms with Crippen LogP contribution >= 0.6 is 0 Å². The van der Waals surface area contributed by atoms with E-state index in [9.17, 15) is 14.4 Å². The highest BCUT2D eigenvalue weighted by Crippen LogP contribution is 2.16. The van der Waals surface area contributed by atoms with E-state index in [-0.39, 0.29) is 37.1 Å². The lowest BCUT2D eigenvalue weighted by Crippen LogP contribution is -2.28. The normalized spacial score (nSPS) is 13.6. The Morgan fingerprint density at radius 1 is 1.04 bits per heavy atom. The molecule has 0 aliphatic carbocycles. The number of benzene rings is 2. The maximum Gasteiger partial charge on any atom is 0.251 e. The van der Waals surface area contributed by atoms with Crippen LogP contribution in [0.1, 0.15) is 39.9 Å². The van der Waals surface area contributed by atoms with Crippen molar-refractivity contribution in [2.75, 3.05) is 0 Å². The minimum absolute atomic E-state index is 0.156. The molecule has 1 saturated heterocycles. The average molecular weight is 347 g/mol. The number of carbonyl (C=O) groups is 3. The lowest BCUT2D eigenvalue weighted by atomic mass is 10.1. The quantitative estimate of drug-likeness (QED) is 0.839. The zero-order valence-corrected chi connectivity index (χ0v) is 14.1. The van der Waals surface area contributed by atoms with Gasteiger partial charge >= 0.3 is 0 Å². The van der Waals surface area contributed by atoms with E-state index in [2.05, 4.69) is 11.4 Å². The Balaban J connectivity index is 1.59. The molecule has 130 valence electrons. The second-order valence-corrected chi connectivity index (χ2v) is 6.07. The fourth-order valence-corrected chi connectivity index (χ4v) is 2.78. The Kier molecular flexibility index (Phi) is 5.09. The van der Waals surface area contributed by atoms with Crippen molar-refractivity contribution in [1.29, 1.82) is 5.26 Å². The van der Waals surface area contributed by atoms with Crippen LogP contribution in [0.3, 0.4) is 0 Å². The van der Waals surface area contributed by atoms with E-state index < -0.39 is 0 Å². The van der Waals surface area contributed by atoms with E-state index in [4.69, 9.17) is 5.26 Å². The summed E-state index contributed by atoms with van der Waals surface area (Å²) in [4.78, 5) is 36.8. The van der Waals surface area contributed by atoms with Crippen LogP contribution in [0.25, 0.3) is 0 Å². The standard InChI is InChI=1S/C20H17N3O3/c21-11-15-2-1-3-16(10-15)12-22-20(26)17-6-4-14(5-7-17)13-23-18(24)8-9-19(23)25/h1-7,10H,8-9,12-13H2,(H,22,26). The second kappa shape index (κ2) is 7.62. The Bertz CT molecular complexity index is 881. The van der Waals surface area contributed by atoms with E-state index in [1.54, 1.807) is 42.5 Å². The molecule has 0 bridgehead atoms. The van der Waals surface area contributed by atoms with Crippen LogP contribution in [0.5, 0.6) is 0 Å². The summed E-state index contributed by atoms with van der Waals surface area (Å²) >= 11 is 0. The summed E-state index contributed by atoms with van der Waals surface area (Å²) in [6, 6.07) is 15.9. The van der Waals surface area contributed by atoms with Crippen molar-refractivity contribution in [3.8, 4) is 6.07 Å². The van der Waals surface area contributed by atoms with Crippen molar-refractivity contribution in [2.24, 2.45) is 0 Å². The van der Waals surface area contributed by atoms with Crippen molar-refractivity contribution >= 4 is 17.7 Å². The van der Waals surface area contributed by atoms with Gasteiger partial charge in [0.1, 0.15) is 0 Å². The molecular weight excluding hydrogens is 330 g/mol. The molecule has 6 nitrogen and oxygen atoms in total. The Labute approximate surface area is 151 Å². The smallest absolute Gasteiger partial charge is 0.251 e. The van der Waals surface area contributed by atoms with Gasteiger partial charge in [-0.3, -0.25) is 19.3 Å². The molecule has 1 heterocycles. The highest BCUT2D eigenvalue weighted by molar-refractivity contribution is 6.01. The SMILES string of the molecule is N#Cc1cccc(CNC(=O)c2ccc(CN3C(=O)CCC3=O)cc2)c1. The van der Waals surface area contributed by atoms with Crippen molar-refractivity contribution in [1.82, 2.24) is 10.2 Å². The van der Waals surface area contributed by atoms with E-state index >= 15 is 0 Å². The van der Waals surface area contributed by atoms with E-state index in [0.29, 0.717) is 17.7 Å². The van der Waals surface area contributed by atoms with Gasteiger partial charge in [0, 0.05) is 24.9 Å². The zero-order valence-electron chi connectivity index (χ0n) is 14.1. The molecule has 2 aromatic carbocycles. The van der Waals surface area contributed by atoms with Gasteiger partial charge in [0.15, 0.2) is 0 Å². The van der Waals surface area contributed by atoms with Crippen LogP contribution in [-0.2, 0) is 22.7 Å². The number of nitrogens with zero attached hydrogens (tertiary/aromatic N) is 2. The van der Waals surface area contributed by atoms with Crippen LogP contribution in [0, 0.1) is 11.3 Å². The average Bonchev–Trinajstić information content (AvgIpc) is 2.99. The van der Waals surface area contributed by atoms with Gasteiger partial charge < -0.3 is 5.32 Å². The number of nitriles is 1. The number of imide groups is 1. The molecular formula is C20H17N3O3. The van der Waals surface area contributed by atoms with Gasteiger partial charge in [-0.1, -0.05) is 24.3 Å². The van der Waals surface area contributed by atoms with Gasteiger partial charge in [0.2, 0.25) is 11.8 Å². The number of rotatable bonds is 5. The Morgan fingerprint density at radius 3 is 2.38 bits per heavy atom. The van der Waals surface area contributed by atoms with Crippen LogP contribution < -0.4 is 5.32 Å².